The summed E-state index contributed by atoms with van der Waals surface area (Å²) in [6.45, 7) is 4.16. The van der Waals surface area contributed by atoms with E-state index in [1.54, 1.807) is 4.31 Å². The van der Waals surface area contributed by atoms with Gasteiger partial charge >= 0.3 is 0 Å². The van der Waals surface area contributed by atoms with E-state index < -0.39 is 10.0 Å². The quantitative estimate of drug-likeness (QED) is 0.715. The second-order valence-corrected chi connectivity index (χ2v) is 6.48. The zero-order chi connectivity index (χ0) is 11.3. The van der Waals surface area contributed by atoms with Gasteiger partial charge < -0.3 is 5.73 Å². The van der Waals surface area contributed by atoms with E-state index in [2.05, 4.69) is 6.92 Å². The summed E-state index contributed by atoms with van der Waals surface area (Å²) in [4.78, 5) is 0. The maximum absolute atomic E-state index is 11.9. The van der Waals surface area contributed by atoms with E-state index >= 15 is 0 Å². The number of nitrogens with two attached hydrogens (primary N) is 1. The SMILES string of the molecule is CC1CCN(S(=O)(=O)CCCCN)CC1. The summed E-state index contributed by atoms with van der Waals surface area (Å²) >= 11 is 0. The second-order valence-electron chi connectivity index (χ2n) is 4.39. The molecular weight excluding hydrogens is 212 g/mol. The molecule has 0 bridgehead atoms. The van der Waals surface area contributed by atoms with Gasteiger partial charge in [0.2, 0.25) is 10.0 Å². The molecule has 90 valence electrons. The topological polar surface area (TPSA) is 63.4 Å². The summed E-state index contributed by atoms with van der Waals surface area (Å²) in [6, 6.07) is 0. The Kier molecular flexibility index (Phi) is 5.02. The van der Waals surface area contributed by atoms with Gasteiger partial charge in [0.1, 0.15) is 0 Å². The van der Waals surface area contributed by atoms with Crippen LogP contribution < -0.4 is 5.73 Å². The lowest BCUT2D eigenvalue weighted by atomic mass is 10.0. The lowest BCUT2D eigenvalue weighted by Crippen LogP contribution is -2.39. The fraction of sp³-hybridized carbons (Fsp3) is 1.00. The molecule has 1 aliphatic rings. The van der Waals surface area contributed by atoms with Crippen molar-refractivity contribution in [2.45, 2.75) is 32.6 Å². The Hall–Kier alpha value is -0.130. The molecule has 0 saturated carbocycles. The highest BCUT2D eigenvalue weighted by atomic mass is 32.2. The second kappa shape index (κ2) is 5.82. The number of piperidine rings is 1. The first-order chi connectivity index (χ1) is 7.06. The minimum Gasteiger partial charge on any atom is -0.330 e. The highest BCUT2D eigenvalue weighted by Crippen LogP contribution is 2.19. The number of rotatable bonds is 5. The van der Waals surface area contributed by atoms with E-state index in [1.807, 2.05) is 0 Å². The minimum atomic E-state index is -3.00. The van der Waals surface area contributed by atoms with E-state index in [4.69, 9.17) is 5.73 Å². The molecule has 0 unspecified atom stereocenters. The van der Waals surface area contributed by atoms with Crippen LogP contribution in [-0.4, -0.2) is 38.1 Å². The molecule has 2 N–H and O–H groups in total. The standard InChI is InChI=1S/C10H22N2O2S/c1-10-4-7-12(8-5-10)15(13,14)9-3-2-6-11/h10H,2-9,11H2,1H3. The van der Waals surface area contributed by atoms with E-state index in [1.165, 1.54) is 0 Å². The highest BCUT2D eigenvalue weighted by molar-refractivity contribution is 7.89. The third-order valence-corrected chi connectivity index (χ3v) is 4.95. The molecule has 1 saturated heterocycles. The van der Waals surface area contributed by atoms with E-state index in [0.29, 0.717) is 32.0 Å². The summed E-state index contributed by atoms with van der Waals surface area (Å²) in [7, 11) is -3.00. The van der Waals surface area contributed by atoms with Crippen LogP contribution in [0.15, 0.2) is 0 Å². The Bertz CT molecular complexity index is 269. The lowest BCUT2D eigenvalue weighted by molar-refractivity contribution is 0.288. The maximum atomic E-state index is 11.9. The molecule has 0 aliphatic carbocycles. The van der Waals surface area contributed by atoms with Gasteiger partial charge in [-0.3, -0.25) is 0 Å². The fourth-order valence-electron chi connectivity index (χ4n) is 1.82. The van der Waals surface area contributed by atoms with Crippen molar-refractivity contribution in [3.8, 4) is 0 Å². The van der Waals surface area contributed by atoms with Gasteiger partial charge in [0, 0.05) is 13.1 Å². The van der Waals surface area contributed by atoms with Crippen LogP contribution in [0.3, 0.4) is 0 Å². The first kappa shape index (κ1) is 12.9. The van der Waals surface area contributed by atoms with Gasteiger partial charge in [0.15, 0.2) is 0 Å². The Morgan fingerprint density at radius 1 is 1.27 bits per heavy atom. The number of unbranched alkanes of at least 4 members (excludes halogenated alkanes) is 1. The van der Waals surface area contributed by atoms with Gasteiger partial charge in [-0.25, -0.2) is 12.7 Å². The Labute approximate surface area is 92.9 Å². The molecule has 1 fully saturated rings. The Balaban J connectivity index is 2.40. The van der Waals surface area contributed by atoms with Crippen LogP contribution in [0.4, 0.5) is 0 Å². The molecule has 0 aromatic heterocycles. The van der Waals surface area contributed by atoms with Gasteiger partial charge in [-0.15, -0.1) is 0 Å². The summed E-state index contributed by atoms with van der Waals surface area (Å²) < 4.78 is 25.3. The van der Waals surface area contributed by atoms with Crippen molar-refractivity contribution in [2.75, 3.05) is 25.4 Å². The molecule has 1 heterocycles. The van der Waals surface area contributed by atoms with Crippen molar-refractivity contribution < 1.29 is 8.42 Å². The maximum Gasteiger partial charge on any atom is 0.214 e. The number of hydrogen-bond donors (Lipinski definition) is 1. The van der Waals surface area contributed by atoms with Crippen molar-refractivity contribution in [1.82, 2.24) is 4.31 Å². The Morgan fingerprint density at radius 2 is 1.87 bits per heavy atom. The Morgan fingerprint density at radius 3 is 2.40 bits per heavy atom. The molecule has 4 nitrogen and oxygen atoms in total. The normalized spacial score (nSPS) is 20.7. The average molecular weight is 234 g/mol. The highest BCUT2D eigenvalue weighted by Gasteiger charge is 2.25. The summed E-state index contributed by atoms with van der Waals surface area (Å²) in [6.07, 6.45) is 3.47. The van der Waals surface area contributed by atoms with E-state index in [9.17, 15) is 8.42 Å². The largest absolute Gasteiger partial charge is 0.330 e. The van der Waals surface area contributed by atoms with Crippen LogP contribution in [0.5, 0.6) is 0 Å². The van der Waals surface area contributed by atoms with Crippen LogP contribution in [0.2, 0.25) is 0 Å². The van der Waals surface area contributed by atoms with Crippen molar-refractivity contribution in [3.05, 3.63) is 0 Å². The smallest absolute Gasteiger partial charge is 0.214 e. The van der Waals surface area contributed by atoms with Gasteiger partial charge in [-0.1, -0.05) is 6.92 Å². The van der Waals surface area contributed by atoms with Crippen LogP contribution in [0, 0.1) is 5.92 Å². The van der Waals surface area contributed by atoms with Crippen molar-refractivity contribution in [2.24, 2.45) is 11.7 Å². The molecule has 0 aromatic rings. The third kappa shape index (κ3) is 4.09. The van der Waals surface area contributed by atoms with Crippen molar-refractivity contribution in [1.29, 1.82) is 0 Å². The molecule has 0 atom stereocenters. The molecule has 1 aliphatic heterocycles. The minimum absolute atomic E-state index is 0.262. The molecule has 15 heavy (non-hydrogen) atoms. The number of nitrogens with zero attached hydrogens (tertiary/aromatic N) is 1. The molecule has 0 radical (unpaired) electrons. The summed E-state index contributed by atoms with van der Waals surface area (Å²) in [5.74, 6) is 0.930. The van der Waals surface area contributed by atoms with Gasteiger partial charge in [-0.2, -0.15) is 0 Å². The predicted molar refractivity (Wildman–Crippen MR) is 62.0 cm³/mol. The molecule has 0 spiro atoms. The monoisotopic (exact) mass is 234 g/mol. The van der Waals surface area contributed by atoms with Gasteiger partial charge in [-0.05, 0) is 38.1 Å². The molecular formula is C10H22N2O2S. The molecule has 5 heteroatoms. The van der Waals surface area contributed by atoms with Crippen LogP contribution >= 0.6 is 0 Å². The van der Waals surface area contributed by atoms with Crippen LogP contribution in [-0.2, 0) is 10.0 Å². The summed E-state index contributed by atoms with van der Waals surface area (Å²) in [5, 5.41) is 0. The van der Waals surface area contributed by atoms with E-state index in [0.717, 1.165) is 19.3 Å². The number of sulfonamides is 1. The third-order valence-electron chi connectivity index (χ3n) is 2.99. The van der Waals surface area contributed by atoms with E-state index in [-0.39, 0.29) is 5.75 Å². The van der Waals surface area contributed by atoms with Crippen LogP contribution in [0.25, 0.3) is 0 Å². The van der Waals surface area contributed by atoms with Crippen molar-refractivity contribution >= 4 is 10.0 Å². The zero-order valence-corrected chi connectivity index (χ0v) is 10.3. The fourth-order valence-corrected chi connectivity index (χ4v) is 3.42. The van der Waals surface area contributed by atoms with Gasteiger partial charge in [0.05, 0.1) is 5.75 Å². The summed E-state index contributed by atoms with van der Waals surface area (Å²) in [5.41, 5.74) is 5.35. The van der Waals surface area contributed by atoms with Crippen LogP contribution in [0.1, 0.15) is 32.6 Å². The molecule has 1 rings (SSSR count). The first-order valence-electron chi connectivity index (χ1n) is 5.74. The predicted octanol–water partition coefficient (Wildman–Crippen LogP) is 0.787. The van der Waals surface area contributed by atoms with Crippen molar-refractivity contribution in [3.63, 3.8) is 0 Å². The molecule has 0 aromatic carbocycles. The lowest BCUT2D eigenvalue weighted by Gasteiger charge is -2.29. The van der Waals surface area contributed by atoms with Gasteiger partial charge in [0.25, 0.3) is 0 Å². The zero-order valence-electron chi connectivity index (χ0n) is 9.48. The average Bonchev–Trinajstić information content (AvgIpc) is 2.18. The number of hydrogen-bond acceptors (Lipinski definition) is 3. The molecule has 0 amide bonds. The first-order valence-corrected chi connectivity index (χ1v) is 7.35.